The Morgan fingerprint density at radius 1 is 1.64 bits per heavy atom. The number of hydrogen-bond acceptors (Lipinski definition) is 2. The zero-order valence-corrected chi connectivity index (χ0v) is 6.09. The Labute approximate surface area is 64.2 Å². The van der Waals surface area contributed by atoms with Crippen LogP contribution in [0.3, 0.4) is 0 Å². The highest BCUT2D eigenvalue weighted by molar-refractivity contribution is 5.15. The summed E-state index contributed by atoms with van der Waals surface area (Å²) in [5, 5.41) is 0. The first-order valence-electron chi connectivity index (χ1n) is 3.77. The predicted molar refractivity (Wildman–Crippen MR) is 38.3 cm³/mol. The summed E-state index contributed by atoms with van der Waals surface area (Å²) in [5.74, 6) is 0.474. The van der Waals surface area contributed by atoms with Gasteiger partial charge in [-0.2, -0.15) is 4.39 Å². The normalized spacial score (nSPS) is 20.2. The summed E-state index contributed by atoms with van der Waals surface area (Å²) >= 11 is 0. The fourth-order valence-corrected chi connectivity index (χ4v) is 1.25. The summed E-state index contributed by atoms with van der Waals surface area (Å²) in [7, 11) is 0. The highest BCUT2D eigenvalue weighted by atomic mass is 19.1. The summed E-state index contributed by atoms with van der Waals surface area (Å²) in [6.07, 6.45) is 3.57. The largest absolute Gasteiger partial charge is 0.439 e. The van der Waals surface area contributed by atoms with E-state index in [1.165, 1.54) is 6.26 Å². The molecule has 1 aliphatic carbocycles. The van der Waals surface area contributed by atoms with E-state index in [1.54, 1.807) is 6.07 Å². The molecular formula is C8H10FNO. The first kappa shape index (κ1) is 6.85. The van der Waals surface area contributed by atoms with Gasteiger partial charge in [0.05, 0.1) is 6.26 Å². The van der Waals surface area contributed by atoms with Gasteiger partial charge in [0.2, 0.25) is 0 Å². The smallest absolute Gasteiger partial charge is 0.282 e. The lowest BCUT2D eigenvalue weighted by Crippen LogP contribution is -2.12. The molecule has 0 aliphatic heterocycles. The summed E-state index contributed by atoms with van der Waals surface area (Å²) in [5.41, 5.74) is 6.27. The maximum Gasteiger partial charge on any atom is 0.282 e. The molecule has 0 amide bonds. The summed E-state index contributed by atoms with van der Waals surface area (Å²) in [6.45, 7) is 0. The standard InChI is InChI=1S/C8H10FNO/c9-8-6(3-4-11-8)7(10)5-1-2-5/h3-5,7H,1-2,10H2. The molecule has 2 N–H and O–H groups in total. The van der Waals surface area contributed by atoms with Crippen LogP contribution in [0.25, 0.3) is 0 Å². The second kappa shape index (κ2) is 2.34. The van der Waals surface area contributed by atoms with Crippen molar-refractivity contribution in [1.82, 2.24) is 0 Å². The average Bonchev–Trinajstić information content (AvgIpc) is 2.74. The molecular weight excluding hydrogens is 145 g/mol. The van der Waals surface area contributed by atoms with E-state index in [4.69, 9.17) is 5.73 Å². The second-order valence-corrected chi connectivity index (χ2v) is 3.01. The Bertz CT molecular complexity index is 254. The zero-order chi connectivity index (χ0) is 7.84. The molecule has 2 nitrogen and oxygen atoms in total. The Morgan fingerprint density at radius 2 is 2.36 bits per heavy atom. The summed E-state index contributed by atoms with van der Waals surface area (Å²) in [6, 6.07) is 0.927. The molecule has 1 heterocycles. The molecule has 1 unspecified atom stereocenters. The average molecular weight is 155 g/mol. The number of halogens is 1. The maximum absolute atomic E-state index is 12.7. The Hall–Kier alpha value is -0.830. The molecule has 0 saturated heterocycles. The molecule has 1 saturated carbocycles. The van der Waals surface area contributed by atoms with E-state index >= 15 is 0 Å². The van der Waals surface area contributed by atoms with Crippen molar-refractivity contribution in [2.75, 3.05) is 0 Å². The van der Waals surface area contributed by atoms with E-state index in [9.17, 15) is 4.39 Å². The van der Waals surface area contributed by atoms with E-state index in [1.807, 2.05) is 0 Å². The van der Waals surface area contributed by atoms with E-state index in [0.29, 0.717) is 11.5 Å². The van der Waals surface area contributed by atoms with E-state index in [0.717, 1.165) is 12.8 Å². The molecule has 60 valence electrons. The topological polar surface area (TPSA) is 39.2 Å². The third kappa shape index (κ3) is 1.16. The minimum absolute atomic E-state index is 0.159. The van der Waals surface area contributed by atoms with Crippen LogP contribution in [0.2, 0.25) is 0 Å². The van der Waals surface area contributed by atoms with Crippen LogP contribution < -0.4 is 5.73 Å². The molecule has 1 atom stereocenters. The molecule has 1 aliphatic rings. The van der Waals surface area contributed by atoms with Crippen LogP contribution in [-0.4, -0.2) is 0 Å². The monoisotopic (exact) mass is 155 g/mol. The van der Waals surface area contributed by atoms with E-state index in [-0.39, 0.29) is 6.04 Å². The van der Waals surface area contributed by atoms with Gasteiger partial charge in [0.1, 0.15) is 0 Å². The zero-order valence-electron chi connectivity index (χ0n) is 6.09. The first-order chi connectivity index (χ1) is 5.29. The molecule has 3 heteroatoms. The maximum atomic E-state index is 12.7. The van der Waals surface area contributed by atoms with Crippen molar-refractivity contribution in [3.63, 3.8) is 0 Å². The van der Waals surface area contributed by atoms with Gasteiger partial charge in [0.15, 0.2) is 0 Å². The number of nitrogens with two attached hydrogens (primary N) is 1. The first-order valence-corrected chi connectivity index (χ1v) is 3.77. The number of rotatable bonds is 2. The van der Waals surface area contributed by atoms with E-state index in [2.05, 4.69) is 4.42 Å². The highest BCUT2D eigenvalue weighted by Gasteiger charge is 2.31. The van der Waals surface area contributed by atoms with Crippen LogP contribution in [0.1, 0.15) is 24.4 Å². The molecule has 2 rings (SSSR count). The SMILES string of the molecule is NC(c1ccoc1F)C1CC1. The lowest BCUT2D eigenvalue weighted by atomic mass is 10.1. The minimum Gasteiger partial charge on any atom is -0.439 e. The fourth-order valence-electron chi connectivity index (χ4n) is 1.25. The van der Waals surface area contributed by atoms with Crippen molar-refractivity contribution >= 4 is 0 Å². The van der Waals surface area contributed by atoms with Gasteiger partial charge in [-0.15, -0.1) is 0 Å². The van der Waals surface area contributed by atoms with Gasteiger partial charge in [-0.25, -0.2) is 0 Å². The third-order valence-electron chi connectivity index (χ3n) is 2.14. The van der Waals surface area contributed by atoms with Gasteiger partial charge < -0.3 is 10.2 Å². The van der Waals surface area contributed by atoms with Gasteiger partial charge in [-0.05, 0) is 24.8 Å². The van der Waals surface area contributed by atoms with Crippen LogP contribution in [0.4, 0.5) is 4.39 Å². The van der Waals surface area contributed by atoms with Crippen molar-refractivity contribution in [3.05, 3.63) is 23.9 Å². The van der Waals surface area contributed by atoms with Gasteiger partial charge in [0.25, 0.3) is 6.01 Å². The van der Waals surface area contributed by atoms with Crippen molar-refractivity contribution in [2.45, 2.75) is 18.9 Å². The van der Waals surface area contributed by atoms with Crippen molar-refractivity contribution in [1.29, 1.82) is 0 Å². The van der Waals surface area contributed by atoms with Crippen LogP contribution in [0.5, 0.6) is 0 Å². The molecule has 0 bridgehead atoms. The van der Waals surface area contributed by atoms with Crippen LogP contribution in [0, 0.1) is 11.9 Å². The number of furan rings is 1. The molecule has 0 aromatic carbocycles. The fraction of sp³-hybridized carbons (Fsp3) is 0.500. The molecule has 0 spiro atoms. The predicted octanol–water partition coefficient (Wildman–Crippen LogP) is 1.83. The molecule has 0 radical (unpaired) electrons. The quantitative estimate of drug-likeness (QED) is 0.707. The molecule has 1 fully saturated rings. The van der Waals surface area contributed by atoms with Crippen LogP contribution >= 0.6 is 0 Å². The van der Waals surface area contributed by atoms with Gasteiger partial charge in [-0.3, -0.25) is 0 Å². The van der Waals surface area contributed by atoms with Crippen LogP contribution in [0.15, 0.2) is 16.7 Å². The van der Waals surface area contributed by atoms with Gasteiger partial charge in [-0.1, -0.05) is 0 Å². The summed E-state index contributed by atoms with van der Waals surface area (Å²) < 4.78 is 17.3. The Morgan fingerprint density at radius 3 is 2.82 bits per heavy atom. The second-order valence-electron chi connectivity index (χ2n) is 3.01. The molecule has 1 aromatic heterocycles. The Kier molecular flexibility index (Phi) is 1.46. The number of hydrogen-bond donors (Lipinski definition) is 1. The van der Waals surface area contributed by atoms with Crippen molar-refractivity contribution < 1.29 is 8.81 Å². The minimum atomic E-state index is -0.524. The van der Waals surface area contributed by atoms with Gasteiger partial charge in [0, 0.05) is 11.6 Å². The lowest BCUT2D eigenvalue weighted by molar-refractivity contribution is 0.345. The van der Waals surface area contributed by atoms with Crippen LogP contribution in [-0.2, 0) is 0 Å². The Balaban J connectivity index is 2.20. The highest BCUT2D eigenvalue weighted by Crippen LogP contribution is 2.40. The molecule has 11 heavy (non-hydrogen) atoms. The van der Waals surface area contributed by atoms with Crippen molar-refractivity contribution in [3.8, 4) is 0 Å². The summed E-state index contributed by atoms with van der Waals surface area (Å²) in [4.78, 5) is 0. The van der Waals surface area contributed by atoms with Crippen molar-refractivity contribution in [2.24, 2.45) is 11.7 Å². The van der Waals surface area contributed by atoms with E-state index < -0.39 is 6.01 Å². The van der Waals surface area contributed by atoms with Gasteiger partial charge >= 0.3 is 0 Å². The third-order valence-corrected chi connectivity index (χ3v) is 2.14. The lowest BCUT2D eigenvalue weighted by Gasteiger charge is -2.05. The molecule has 1 aromatic rings.